The van der Waals surface area contributed by atoms with Gasteiger partial charge in [-0.3, -0.25) is 0 Å². The van der Waals surface area contributed by atoms with E-state index >= 15 is 0 Å². The number of rotatable bonds is 7. The van der Waals surface area contributed by atoms with Crippen molar-refractivity contribution in [1.29, 1.82) is 0 Å². The van der Waals surface area contributed by atoms with Crippen LogP contribution < -0.4 is 4.74 Å². The van der Waals surface area contributed by atoms with Crippen LogP contribution in [0.4, 0.5) is 8.78 Å². The monoisotopic (exact) mass is 412 g/mol. The number of hydrogen-bond acceptors (Lipinski definition) is 2. The predicted octanol–water partition coefficient (Wildman–Crippen LogP) is 6.79. The molecule has 0 saturated heterocycles. The molecule has 4 unspecified atom stereocenters. The number of halogens is 2. The molecule has 0 heterocycles. The second-order valence-corrected chi connectivity index (χ2v) is 8.51. The van der Waals surface area contributed by atoms with Crippen molar-refractivity contribution < 1.29 is 18.6 Å². The van der Waals surface area contributed by atoms with Crippen molar-refractivity contribution >= 4 is 5.57 Å². The van der Waals surface area contributed by atoms with Gasteiger partial charge in [0.05, 0.1) is 12.7 Å². The molecule has 4 rings (SSSR count). The third-order valence-corrected chi connectivity index (χ3v) is 6.77. The van der Waals surface area contributed by atoms with Crippen LogP contribution in [0.5, 0.6) is 5.75 Å². The van der Waals surface area contributed by atoms with Crippen LogP contribution in [-0.2, 0) is 0 Å². The molecule has 0 aromatic heterocycles. The Morgan fingerprint density at radius 1 is 1.03 bits per heavy atom. The molecule has 0 spiro atoms. The molecule has 0 bridgehead atoms. The fourth-order valence-electron chi connectivity index (χ4n) is 5.36. The Labute approximate surface area is 177 Å². The van der Waals surface area contributed by atoms with Crippen molar-refractivity contribution in [2.75, 3.05) is 6.61 Å². The van der Waals surface area contributed by atoms with Gasteiger partial charge in [0, 0.05) is 0 Å². The molecule has 2 aromatic carbocycles. The average molecular weight is 413 g/mol. The van der Waals surface area contributed by atoms with Crippen molar-refractivity contribution in [3.05, 3.63) is 70.8 Å². The summed E-state index contributed by atoms with van der Waals surface area (Å²) >= 11 is 0. The Morgan fingerprint density at radius 2 is 1.83 bits per heavy atom. The molecule has 1 fully saturated rings. The smallest absolute Gasteiger partial charge is 0.165 e. The summed E-state index contributed by atoms with van der Waals surface area (Å²) in [6, 6.07) is 10.4. The minimum absolute atomic E-state index is 0.161. The third kappa shape index (κ3) is 3.90. The molecule has 160 valence electrons. The number of benzene rings is 2. The van der Waals surface area contributed by atoms with Crippen molar-refractivity contribution in [2.45, 2.75) is 58.0 Å². The first-order chi connectivity index (χ1) is 14.5. The van der Waals surface area contributed by atoms with Crippen LogP contribution in [0.1, 0.15) is 74.7 Å². The molecule has 2 aliphatic carbocycles. The number of aliphatic hydroxyl groups excluding tert-OH is 1. The van der Waals surface area contributed by atoms with E-state index in [0.29, 0.717) is 30.4 Å². The molecular formula is C26H30F2O2. The Balaban J connectivity index is 1.52. The van der Waals surface area contributed by atoms with E-state index in [1.165, 1.54) is 11.6 Å². The molecular weight excluding hydrogens is 382 g/mol. The summed E-state index contributed by atoms with van der Waals surface area (Å²) in [5.41, 5.74) is 3.49. The largest absolute Gasteiger partial charge is 0.491 e. The number of allylic oxidation sites excluding steroid dienone is 2. The number of ether oxygens (including phenoxy) is 1. The van der Waals surface area contributed by atoms with Crippen LogP contribution in [-0.4, -0.2) is 11.7 Å². The summed E-state index contributed by atoms with van der Waals surface area (Å²) in [6.45, 7) is 4.28. The van der Waals surface area contributed by atoms with Crippen LogP contribution in [0.2, 0.25) is 0 Å². The second-order valence-electron chi connectivity index (χ2n) is 8.51. The first-order valence-corrected chi connectivity index (χ1v) is 11.1. The van der Waals surface area contributed by atoms with Gasteiger partial charge < -0.3 is 9.84 Å². The zero-order valence-corrected chi connectivity index (χ0v) is 17.7. The highest BCUT2D eigenvalue weighted by molar-refractivity contribution is 5.71. The van der Waals surface area contributed by atoms with Crippen LogP contribution in [0.3, 0.4) is 0 Å². The van der Waals surface area contributed by atoms with Gasteiger partial charge >= 0.3 is 0 Å². The molecule has 4 heteroatoms. The Hall–Kier alpha value is -2.20. The van der Waals surface area contributed by atoms with Crippen LogP contribution >= 0.6 is 0 Å². The molecule has 2 nitrogen and oxygen atoms in total. The van der Waals surface area contributed by atoms with Gasteiger partial charge in [-0.25, -0.2) is 8.78 Å². The highest BCUT2D eigenvalue weighted by Crippen LogP contribution is 2.55. The lowest BCUT2D eigenvalue weighted by molar-refractivity contribution is 0.166. The molecule has 4 atom stereocenters. The van der Waals surface area contributed by atoms with E-state index in [2.05, 4.69) is 6.08 Å². The Bertz CT molecular complexity index is 937. The number of fused-ring (bicyclic) bond motifs is 1. The SMILES string of the molecule is CCCC(O)c1ccc(C2CCC3C(c4ccc(OCC)c(F)c4)=CCC32)c(F)c1. The number of aliphatic hydroxyl groups is 1. The highest BCUT2D eigenvalue weighted by atomic mass is 19.1. The van der Waals surface area contributed by atoms with Gasteiger partial charge in [-0.2, -0.15) is 0 Å². The second kappa shape index (κ2) is 8.89. The molecule has 1 saturated carbocycles. The normalized spacial score (nSPS) is 23.9. The third-order valence-electron chi connectivity index (χ3n) is 6.77. The summed E-state index contributed by atoms with van der Waals surface area (Å²) < 4.78 is 34.6. The molecule has 0 aliphatic heterocycles. The number of hydrogen-bond donors (Lipinski definition) is 1. The summed E-state index contributed by atoms with van der Waals surface area (Å²) in [6.07, 6.45) is 5.89. The van der Waals surface area contributed by atoms with Crippen molar-refractivity contribution in [3.63, 3.8) is 0 Å². The van der Waals surface area contributed by atoms with E-state index in [9.17, 15) is 13.9 Å². The molecule has 0 amide bonds. The van der Waals surface area contributed by atoms with Gasteiger partial charge in [-0.1, -0.05) is 37.6 Å². The molecule has 1 N–H and O–H groups in total. The van der Waals surface area contributed by atoms with Gasteiger partial charge in [0.25, 0.3) is 0 Å². The standard InChI is InChI=1S/C26H30F2O2/c1-3-5-25(29)17-6-8-22(23(27)15-17)21-12-11-19-18(9-10-20(19)21)16-7-13-26(30-4-2)24(28)14-16/h6-9,13-15,19-21,25,29H,3-5,10-12H2,1-2H3. The predicted molar refractivity (Wildman–Crippen MR) is 115 cm³/mol. The minimum atomic E-state index is -0.607. The van der Waals surface area contributed by atoms with Crippen molar-refractivity contribution in [1.82, 2.24) is 0 Å². The Morgan fingerprint density at radius 3 is 2.53 bits per heavy atom. The Kier molecular flexibility index (Phi) is 6.24. The maximum Gasteiger partial charge on any atom is 0.165 e. The van der Waals surface area contributed by atoms with E-state index in [4.69, 9.17) is 4.74 Å². The highest BCUT2D eigenvalue weighted by Gasteiger charge is 2.42. The van der Waals surface area contributed by atoms with Crippen LogP contribution in [0.15, 0.2) is 42.5 Å². The van der Waals surface area contributed by atoms with Crippen LogP contribution in [0.25, 0.3) is 5.57 Å². The van der Waals surface area contributed by atoms with E-state index in [1.54, 1.807) is 12.1 Å². The lowest BCUT2D eigenvalue weighted by Gasteiger charge is -2.22. The summed E-state index contributed by atoms with van der Waals surface area (Å²) in [5, 5.41) is 10.2. The maximum atomic E-state index is 15.0. The molecule has 2 aromatic rings. The average Bonchev–Trinajstić information content (AvgIpc) is 3.32. The quantitative estimate of drug-likeness (QED) is 0.542. The zero-order valence-electron chi connectivity index (χ0n) is 17.7. The summed E-state index contributed by atoms with van der Waals surface area (Å²) in [4.78, 5) is 0. The first-order valence-electron chi connectivity index (χ1n) is 11.1. The first kappa shape index (κ1) is 21.0. The van der Waals surface area contributed by atoms with Gasteiger partial charge in [-0.05, 0) is 90.8 Å². The van der Waals surface area contributed by atoms with Crippen molar-refractivity contribution in [3.8, 4) is 5.75 Å². The fraction of sp³-hybridized carbons (Fsp3) is 0.462. The lowest BCUT2D eigenvalue weighted by atomic mass is 9.83. The zero-order chi connectivity index (χ0) is 21.3. The van der Waals surface area contributed by atoms with Gasteiger partial charge in [0.1, 0.15) is 5.82 Å². The van der Waals surface area contributed by atoms with Crippen molar-refractivity contribution in [2.24, 2.45) is 11.8 Å². The molecule has 0 radical (unpaired) electrons. The van der Waals surface area contributed by atoms with Gasteiger partial charge in [0.15, 0.2) is 11.6 Å². The summed E-state index contributed by atoms with van der Waals surface area (Å²) in [5.74, 6) is 0.573. The lowest BCUT2D eigenvalue weighted by Crippen LogP contribution is -2.12. The van der Waals surface area contributed by atoms with E-state index in [1.807, 2.05) is 32.0 Å². The maximum absolute atomic E-state index is 15.0. The minimum Gasteiger partial charge on any atom is -0.491 e. The molecule has 2 aliphatic rings. The van der Waals surface area contributed by atoms with E-state index < -0.39 is 6.10 Å². The van der Waals surface area contributed by atoms with Gasteiger partial charge in [0.2, 0.25) is 0 Å². The van der Waals surface area contributed by atoms with Crippen LogP contribution in [0, 0.1) is 23.5 Å². The van der Waals surface area contributed by atoms with Gasteiger partial charge in [-0.15, -0.1) is 0 Å². The fourth-order valence-corrected chi connectivity index (χ4v) is 5.36. The summed E-state index contributed by atoms with van der Waals surface area (Å²) in [7, 11) is 0. The van der Waals surface area contributed by atoms with E-state index in [0.717, 1.165) is 36.8 Å². The topological polar surface area (TPSA) is 29.5 Å². The molecule has 30 heavy (non-hydrogen) atoms. The van der Waals surface area contributed by atoms with E-state index in [-0.39, 0.29) is 23.3 Å².